The van der Waals surface area contributed by atoms with Crippen molar-refractivity contribution < 1.29 is 23.5 Å². The number of methoxy groups -OCH3 is 1. The van der Waals surface area contributed by atoms with Crippen molar-refractivity contribution in [1.29, 1.82) is 0 Å². The first-order valence-corrected chi connectivity index (χ1v) is 11.9. The van der Waals surface area contributed by atoms with Crippen LogP contribution in [0.15, 0.2) is 71.4 Å². The summed E-state index contributed by atoms with van der Waals surface area (Å²) in [6.07, 6.45) is 4.33. The number of carbonyl (C=O) groups is 2. The lowest BCUT2D eigenvalue weighted by Gasteiger charge is -2.23. The topological polar surface area (TPSA) is 93.9 Å². The summed E-state index contributed by atoms with van der Waals surface area (Å²) in [6.45, 7) is 1.81. The second-order valence-electron chi connectivity index (χ2n) is 8.17. The van der Waals surface area contributed by atoms with Gasteiger partial charge in [0, 0.05) is 24.2 Å². The normalized spacial score (nSPS) is 11.0. The maximum Gasteiger partial charge on any atom is 0.246 e. The largest absolute Gasteiger partial charge is 0.494 e. The van der Waals surface area contributed by atoms with Gasteiger partial charge in [0.1, 0.15) is 23.6 Å². The molecule has 2 amide bonds. The van der Waals surface area contributed by atoms with E-state index in [1.165, 1.54) is 30.4 Å². The number of furan rings is 1. The number of amides is 2. The predicted octanol–water partition coefficient (Wildman–Crippen LogP) is 5.17. The van der Waals surface area contributed by atoms with Crippen molar-refractivity contribution in [2.24, 2.45) is 0 Å². The fourth-order valence-electron chi connectivity index (χ4n) is 3.72. The van der Waals surface area contributed by atoms with Gasteiger partial charge in [0.15, 0.2) is 5.75 Å². The van der Waals surface area contributed by atoms with Gasteiger partial charge in [-0.25, -0.2) is 4.98 Å². The van der Waals surface area contributed by atoms with Crippen LogP contribution in [-0.2, 0) is 16.2 Å². The Bertz CT molecular complexity index is 1450. The maximum absolute atomic E-state index is 12.8. The van der Waals surface area contributed by atoms with Crippen molar-refractivity contribution in [3.05, 3.63) is 89.0 Å². The van der Waals surface area contributed by atoms with Gasteiger partial charge in [-0.3, -0.25) is 9.59 Å². The summed E-state index contributed by atoms with van der Waals surface area (Å²) in [5.74, 6) is 0.778. The van der Waals surface area contributed by atoms with Crippen LogP contribution in [0.3, 0.4) is 0 Å². The number of anilines is 1. The Morgan fingerprint density at radius 1 is 1.14 bits per heavy atom. The standard InChI is InChI=1S/C28H26ClN3O5/c1-18-9-10-19-6-4-8-24(27(19)31-18)37-17-21-22(29)12-13-23(28(21)35-3)32(2)26(34)16-30-25(33)14-11-20-7-5-15-36-20/h4-15H,16-17H2,1-3H3,(H,30,33). The van der Waals surface area contributed by atoms with Crippen molar-refractivity contribution in [2.45, 2.75) is 13.5 Å². The Morgan fingerprint density at radius 3 is 2.73 bits per heavy atom. The highest BCUT2D eigenvalue weighted by Crippen LogP contribution is 2.37. The number of benzene rings is 2. The highest BCUT2D eigenvalue weighted by molar-refractivity contribution is 6.31. The zero-order valence-corrected chi connectivity index (χ0v) is 21.4. The molecule has 190 valence electrons. The molecule has 4 aromatic rings. The molecule has 8 nitrogen and oxygen atoms in total. The Labute approximate surface area is 219 Å². The Morgan fingerprint density at radius 2 is 1.97 bits per heavy atom. The number of hydrogen-bond acceptors (Lipinski definition) is 6. The molecule has 2 heterocycles. The van der Waals surface area contributed by atoms with Gasteiger partial charge in [-0.15, -0.1) is 0 Å². The van der Waals surface area contributed by atoms with Crippen molar-refractivity contribution in [3.63, 3.8) is 0 Å². The average Bonchev–Trinajstić information content (AvgIpc) is 3.43. The second-order valence-corrected chi connectivity index (χ2v) is 8.57. The third-order valence-corrected chi connectivity index (χ3v) is 6.03. The average molecular weight is 520 g/mol. The molecule has 2 aromatic carbocycles. The molecule has 0 fully saturated rings. The van der Waals surface area contributed by atoms with E-state index < -0.39 is 5.91 Å². The minimum atomic E-state index is -0.422. The van der Waals surface area contributed by atoms with E-state index in [9.17, 15) is 9.59 Å². The van der Waals surface area contributed by atoms with Crippen molar-refractivity contribution >= 4 is 46.1 Å². The quantitative estimate of drug-likeness (QED) is 0.307. The molecule has 0 aliphatic heterocycles. The van der Waals surface area contributed by atoms with Gasteiger partial charge < -0.3 is 24.1 Å². The minimum Gasteiger partial charge on any atom is -0.494 e. The van der Waals surface area contributed by atoms with Crippen LogP contribution in [0, 0.1) is 6.92 Å². The monoisotopic (exact) mass is 519 g/mol. The molecule has 37 heavy (non-hydrogen) atoms. The van der Waals surface area contributed by atoms with E-state index in [2.05, 4.69) is 10.3 Å². The van der Waals surface area contributed by atoms with Crippen LogP contribution in [0.25, 0.3) is 17.0 Å². The van der Waals surface area contributed by atoms with Crippen LogP contribution < -0.4 is 19.7 Å². The number of aromatic nitrogens is 1. The first kappa shape index (κ1) is 25.8. The molecule has 0 aliphatic rings. The minimum absolute atomic E-state index is 0.0981. The highest BCUT2D eigenvalue weighted by atomic mass is 35.5. The molecule has 0 spiro atoms. The molecule has 0 saturated heterocycles. The van der Waals surface area contributed by atoms with Crippen molar-refractivity contribution in [1.82, 2.24) is 10.3 Å². The number of halogens is 1. The molecule has 0 radical (unpaired) electrons. The molecular formula is C28H26ClN3O5. The summed E-state index contributed by atoms with van der Waals surface area (Å²) in [5.41, 5.74) is 2.70. The number of carbonyl (C=O) groups excluding carboxylic acids is 2. The lowest BCUT2D eigenvalue weighted by atomic mass is 10.1. The Hall–Kier alpha value is -4.30. The van der Waals surface area contributed by atoms with Gasteiger partial charge in [0.05, 0.1) is 36.2 Å². The van der Waals surface area contributed by atoms with Crippen LogP contribution in [0.2, 0.25) is 5.02 Å². The molecule has 0 saturated carbocycles. The number of para-hydroxylation sites is 1. The van der Waals surface area contributed by atoms with E-state index in [4.69, 9.17) is 25.5 Å². The fraction of sp³-hybridized carbons (Fsp3) is 0.179. The second kappa shape index (κ2) is 11.6. The van der Waals surface area contributed by atoms with Crippen LogP contribution in [0.4, 0.5) is 5.69 Å². The Balaban J connectivity index is 1.48. The lowest BCUT2D eigenvalue weighted by molar-refractivity contribution is -0.122. The predicted molar refractivity (Wildman–Crippen MR) is 143 cm³/mol. The molecule has 0 unspecified atom stereocenters. The molecule has 0 bridgehead atoms. The van der Waals surface area contributed by atoms with Gasteiger partial charge in [0.2, 0.25) is 11.8 Å². The number of rotatable bonds is 9. The third kappa shape index (κ3) is 6.10. The summed E-state index contributed by atoms with van der Waals surface area (Å²) in [7, 11) is 3.10. The fourth-order valence-corrected chi connectivity index (χ4v) is 3.92. The van der Waals surface area contributed by atoms with E-state index in [1.807, 2.05) is 37.3 Å². The molecule has 9 heteroatoms. The molecule has 4 rings (SSSR count). The summed E-state index contributed by atoms with van der Waals surface area (Å²) >= 11 is 6.50. The van der Waals surface area contributed by atoms with Crippen LogP contribution in [0.1, 0.15) is 17.0 Å². The summed E-state index contributed by atoms with van der Waals surface area (Å²) in [6, 6.07) is 16.4. The number of ether oxygens (including phenoxy) is 2. The van der Waals surface area contributed by atoms with Crippen molar-refractivity contribution in [2.75, 3.05) is 25.6 Å². The SMILES string of the molecule is COc1c(N(C)C(=O)CNC(=O)C=Cc2ccco2)ccc(Cl)c1COc1cccc2ccc(C)nc12. The van der Waals surface area contributed by atoms with Gasteiger partial charge in [-0.1, -0.05) is 29.8 Å². The van der Waals surface area contributed by atoms with Crippen molar-refractivity contribution in [3.8, 4) is 11.5 Å². The first-order chi connectivity index (χ1) is 17.9. The number of hydrogen-bond donors (Lipinski definition) is 1. The molecule has 0 atom stereocenters. The number of fused-ring (bicyclic) bond motifs is 1. The van der Waals surface area contributed by atoms with E-state index in [1.54, 1.807) is 31.3 Å². The molecular weight excluding hydrogens is 494 g/mol. The van der Waals surface area contributed by atoms with Crippen LogP contribution in [0.5, 0.6) is 11.5 Å². The van der Waals surface area contributed by atoms with Gasteiger partial charge in [0.25, 0.3) is 0 Å². The zero-order chi connectivity index (χ0) is 26.4. The van der Waals surface area contributed by atoms with Gasteiger partial charge >= 0.3 is 0 Å². The summed E-state index contributed by atoms with van der Waals surface area (Å²) in [4.78, 5) is 30.9. The first-order valence-electron chi connectivity index (χ1n) is 11.5. The van der Waals surface area contributed by atoms with E-state index in [0.717, 1.165) is 16.6 Å². The molecule has 1 N–H and O–H groups in total. The highest BCUT2D eigenvalue weighted by Gasteiger charge is 2.21. The lowest BCUT2D eigenvalue weighted by Crippen LogP contribution is -2.37. The summed E-state index contributed by atoms with van der Waals surface area (Å²) in [5, 5.41) is 3.96. The third-order valence-electron chi connectivity index (χ3n) is 5.67. The number of nitrogens with zero attached hydrogens (tertiary/aromatic N) is 2. The summed E-state index contributed by atoms with van der Waals surface area (Å²) < 4.78 is 16.9. The van der Waals surface area contributed by atoms with E-state index in [-0.39, 0.29) is 19.1 Å². The van der Waals surface area contributed by atoms with E-state index >= 15 is 0 Å². The van der Waals surface area contributed by atoms with Crippen LogP contribution >= 0.6 is 11.6 Å². The molecule has 2 aromatic heterocycles. The van der Waals surface area contributed by atoms with Gasteiger partial charge in [-0.05, 0) is 49.4 Å². The number of likely N-dealkylation sites (N-methyl/N-ethyl adjacent to an activating group) is 1. The molecule has 0 aliphatic carbocycles. The zero-order valence-electron chi connectivity index (χ0n) is 20.7. The number of pyridine rings is 1. The smallest absolute Gasteiger partial charge is 0.246 e. The maximum atomic E-state index is 12.8. The van der Waals surface area contributed by atoms with Crippen LogP contribution in [-0.4, -0.2) is 37.5 Å². The van der Waals surface area contributed by atoms with Gasteiger partial charge in [-0.2, -0.15) is 0 Å². The van der Waals surface area contributed by atoms with E-state index in [0.29, 0.717) is 33.5 Å². The Kier molecular flexibility index (Phi) is 8.10. The number of nitrogens with one attached hydrogen (secondary N) is 1. The number of aryl methyl sites for hydroxylation is 1.